The van der Waals surface area contributed by atoms with Crippen molar-refractivity contribution in [3.8, 4) is 11.4 Å². The molecule has 25 heavy (non-hydrogen) atoms. The summed E-state index contributed by atoms with van der Waals surface area (Å²) in [6.07, 6.45) is 1.65. The molecule has 4 nitrogen and oxygen atoms in total. The van der Waals surface area contributed by atoms with Gasteiger partial charge in [0.05, 0.1) is 11.3 Å². The lowest BCUT2D eigenvalue weighted by Gasteiger charge is -2.09. The third-order valence-electron chi connectivity index (χ3n) is 3.44. The van der Waals surface area contributed by atoms with Crippen molar-refractivity contribution in [1.29, 1.82) is 0 Å². The molecule has 126 valence electrons. The van der Waals surface area contributed by atoms with Crippen LogP contribution in [-0.2, 0) is 4.79 Å². The van der Waals surface area contributed by atoms with Crippen LogP contribution in [0.25, 0.3) is 22.3 Å². The Hall–Kier alpha value is -2.37. The summed E-state index contributed by atoms with van der Waals surface area (Å²) in [7, 11) is 0. The second kappa shape index (κ2) is 8.14. The van der Waals surface area contributed by atoms with E-state index in [0.717, 1.165) is 21.5 Å². The Morgan fingerprint density at radius 2 is 2.00 bits per heavy atom. The van der Waals surface area contributed by atoms with Gasteiger partial charge in [-0.3, -0.25) is 4.79 Å². The molecule has 0 radical (unpaired) electrons. The third-order valence-corrected chi connectivity index (χ3v) is 4.66. The van der Waals surface area contributed by atoms with Gasteiger partial charge in [-0.25, -0.2) is 9.97 Å². The van der Waals surface area contributed by atoms with E-state index in [1.54, 1.807) is 12.1 Å². The van der Waals surface area contributed by atoms with Crippen molar-refractivity contribution in [3.05, 3.63) is 66.2 Å². The van der Waals surface area contributed by atoms with E-state index in [0.29, 0.717) is 17.4 Å². The van der Waals surface area contributed by atoms with Crippen LogP contribution >= 0.6 is 23.4 Å². The van der Waals surface area contributed by atoms with Crippen LogP contribution in [0.15, 0.2) is 66.2 Å². The van der Waals surface area contributed by atoms with E-state index >= 15 is 0 Å². The Kier molecular flexibility index (Phi) is 5.68. The predicted molar refractivity (Wildman–Crippen MR) is 104 cm³/mol. The lowest BCUT2D eigenvalue weighted by Crippen LogP contribution is -2.24. The highest BCUT2D eigenvalue weighted by atomic mass is 35.5. The highest BCUT2D eigenvalue weighted by Gasteiger charge is 2.12. The zero-order chi connectivity index (χ0) is 17.6. The van der Waals surface area contributed by atoms with Crippen molar-refractivity contribution in [2.45, 2.75) is 5.03 Å². The van der Waals surface area contributed by atoms with Crippen LogP contribution in [-0.4, -0.2) is 28.2 Å². The molecule has 3 aromatic rings. The SMILES string of the molecule is C=CCNC(=O)CSc1nc(-c2ccccc2)nc2ccc(Cl)cc12. The van der Waals surface area contributed by atoms with Crippen molar-refractivity contribution in [2.24, 2.45) is 0 Å². The zero-order valence-corrected chi connectivity index (χ0v) is 15.0. The molecule has 0 fully saturated rings. The molecule has 0 spiro atoms. The second-order valence-electron chi connectivity index (χ2n) is 5.26. The van der Waals surface area contributed by atoms with Crippen LogP contribution in [0.4, 0.5) is 0 Å². The minimum atomic E-state index is -0.0695. The highest BCUT2D eigenvalue weighted by Crippen LogP contribution is 2.30. The number of nitrogens with one attached hydrogen (secondary N) is 1. The highest BCUT2D eigenvalue weighted by molar-refractivity contribution is 8.00. The molecule has 6 heteroatoms. The first-order chi connectivity index (χ1) is 12.2. The molecule has 1 heterocycles. The van der Waals surface area contributed by atoms with Crippen LogP contribution in [0.1, 0.15) is 0 Å². The number of carbonyl (C=O) groups excluding carboxylic acids is 1. The summed E-state index contributed by atoms with van der Waals surface area (Å²) in [6, 6.07) is 15.3. The Bertz CT molecular complexity index is 915. The molecule has 0 saturated heterocycles. The normalized spacial score (nSPS) is 10.6. The maximum absolute atomic E-state index is 11.9. The number of benzene rings is 2. The summed E-state index contributed by atoms with van der Waals surface area (Å²) in [4.78, 5) is 21.2. The van der Waals surface area contributed by atoms with Gasteiger partial charge in [-0.1, -0.05) is 59.8 Å². The van der Waals surface area contributed by atoms with E-state index in [4.69, 9.17) is 11.6 Å². The molecule has 0 aliphatic heterocycles. The maximum Gasteiger partial charge on any atom is 0.230 e. The quantitative estimate of drug-likeness (QED) is 0.399. The first kappa shape index (κ1) is 17.5. The Morgan fingerprint density at radius 3 is 2.76 bits per heavy atom. The molecule has 0 aliphatic carbocycles. The fourth-order valence-corrected chi connectivity index (χ4v) is 3.28. The standard InChI is InChI=1S/C19H16ClN3OS/c1-2-10-21-17(24)12-25-19-15-11-14(20)8-9-16(15)22-18(23-19)13-6-4-3-5-7-13/h2-9,11H,1,10,12H2,(H,21,24). The van der Waals surface area contributed by atoms with Crippen molar-refractivity contribution >= 4 is 40.2 Å². The van der Waals surface area contributed by atoms with E-state index in [-0.39, 0.29) is 11.7 Å². The first-order valence-electron chi connectivity index (χ1n) is 7.70. The van der Waals surface area contributed by atoms with Crippen molar-refractivity contribution < 1.29 is 4.79 Å². The minimum Gasteiger partial charge on any atom is -0.352 e. The fraction of sp³-hybridized carbons (Fsp3) is 0.105. The van der Waals surface area contributed by atoms with Crippen molar-refractivity contribution in [2.75, 3.05) is 12.3 Å². The van der Waals surface area contributed by atoms with Gasteiger partial charge < -0.3 is 5.32 Å². The fourth-order valence-electron chi connectivity index (χ4n) is 2.27. The largest absolute Gasteiger partial charge is 0.352 e. The number of rotatable bonds is 6. The first-order valence-corrected chi connectivity index (χ1v) is 9.07. The van der Waals surface area contributed by atoms with Crippen LogP contribution < -0.4 is 5.32 Å². The molecule has 1 amide bonds. The molecule has 3 rings (SSSR count). The number of nitrogens with zero attached hydrogens (tertiary/aromatic N) is 2. The zero-order valence-electron chi connectivity index (χ0n) is 13.4. The molecular formula is C19H16ClN3OS. The van der Waals surface area contributed by atoms with Crippen LogP contribution in [0.2, 0.25) is 5.02 Å². The van der Waals surface area contributed by atoms with E-state index in [1.807, 2.05) is 42.5 Å². The molecule has 2 aromatic carbocycles. The molecule has 0 bridgehead atoms. The molecule has 0 unspecified atom stereocenters. The van der Waals surface area contributed by atoms with Crippen molar-refractivity contribution in [1.82, 2.24) is 15.3 Å². The van der Waals surface area contributed by atoms with E-state index in [2.05, 4.69) is 21.9 Å². The van der Waals surface area contributed by atoms with Gasteiger partial charge in [0.1, 0.15) is 5.03 Å². The number of thioether (sulfide) groups is 1. The average molecular weight is 370 g/mol. The second-order valence-corrected chi connectivity index (χ2v) is 6.66. The van der Waals surface area contributed by atoms with E-state index in [1.165, 1.54) is 11.8 Å². The summed E-state index contributed by atoms with van der Waals surface area (Å²) >= 11 is 7.49. The minimum absolute atomic E-state index is 0.0695. The van der Waals surface area contributed by atoms with Gasteiger partial charge in [0.2, 0.25) is 5.91 Å². The van der Waals surface area contributed by atoms with Gasteiger partial charge in [0.15, 0.2) is 5.82 Å². The molecule has 1 N–H and O–H groups in total. The summed E-state index contributed by atoms with van der Waals surface area (Å²) in [5.74, 6) is 0.824. The lowest BCUT2D eigenvalue weighted by molar-refractivity contribution is -0.118. The number of hydrogen-bond donors (Lipinski definition) is 1. The summed E-state index contributed by atoms with van der Waals surface area (Å²) < 4.78 is 0. The number of halogens is 1. The smallest absolute Gasteiger partial charge is 0.230 e. The van der Waals surface area contributed by atoms with Crippen molar-refractivity contribution in [3.63, 3.8) is 0 Å². The number of fused-ring (bicyclic) bond motifs is 1. The number of hydrogen-bond acceptors (Lipinski definition) is 4. The lowest BCUT2D eigenvalue weighted by atomic mass is 10.2. The summed E-state index contributed by atoms with van der Waals surface area (Å²) in [6.45, 7) is 4.04. The average Bonchev–Trinajstić information content (AvgIpc) is 2.65. The monoisotopic (exact) mass is 369 g/mol. The Balaban J connectivity index is 1.97. The van der Waals surface area contributed by atoms with Crippen LogP contribution in [0.5, 0.6) is 0 Å². The summed E-state index contributed by atoms with van der Waals surface area (Å²) in [5.41, 5.74) is 1.73. The van der Waals surface area contributed by atoms with Crippen LogP contribution in [0.3, 0.4) is 0 Å². The van der Waals surface area contributed by atoms with Gasteiger partial charge in [0.25, 0.3) is 0 Å². The number of carbonyl (C=O) groups is 1. The number of aromatic nitrogens is 2. The Morgan fingerprint density at radius 1 is 1.20 bits per heavy atom. The molecule has 0 aliphatic rings. The third kappa shape index (κ3) is 4.38. The van der Waals surface area contributed by atoms with Gasteiger partial charge in [-0.15, -0.1) is 6.58 Å². The maximum atomic E-state index is 11.9. The van der Waals surface area contributed by atoms with Gasteiger partial charge in [-0.05, 0) is 18.2 Å². The number of amides is 1. The molecule has 0 saturated carbocycles. The van der Waals surface area contributed by atoms with E-state index < -0.39 is 0 Å². The predicted octanol–water partition coefficient (Wildman–Crippen LogP) is 4.34. The topological polar surface area (TPSA) is 54.9 Å². The van der Waals surface area contributed by atoms with Gasteiger partial charge in [0, 0.05) is 22.5 Å². The molecule has 0 atom stereocenters. The summed E-state index contributed by atoms with van der Waals surface area (Å²) in [5, 5.41) is 4.95. The Labute approximate surface area is 155 Å². The molecular weight excluding hydrogens is 354 g/mol. The van der Waals surface area contributed by atoms with E-state index in [9.17, 15) is 4.79 Å². The van der Waals surface area contributed by atoms with Crippen LogP contribution in [0, 0.1) is 0 Å². The van der Waals surface area contributed by atoms with Gasteiger partial charge >= 0.3 is 0 Å². The van der Waals surface area contributed by atoms with Gasteiger partial charge in [-0.2, -0.15) is 0 Å². The molecule has 1 aromatic heterocycles.